The molecule has 0 aliphatic rings. The maximum atomic E-state index is 10.3. The number of thiazole rings is 1. The molecule has 78 valence electrons. The Morgan fingerprint density at radius 3 is 2.86 bits per heavy atom. The SMILES string of the molecule is NCCC(O)C(O)c1nc(C=O)cs1. The lowest BCUT2D eigenvalue weighted by Crippen LogP contribution is -2.21. The molecule has 0 aromatic carbocycles. The van der Waals surface area contributed by atoms with E-state index >= 15 is 0 Å². The molecule has 0 radical (unpaired) electrons. The zero-order valence-corrected chi connectivity index (χ0v) is 8.28. The summed E-state index contributed by atoms with van der Waals surface area (Å²) in [5.41, 5.74) is 5.50. The Bertz CT molecular complexity index is 303. The van der Waals surface area contributed by atoms with Gasteiger partial charge >= 0.3 is 0 Å². The third-order valence-electron chi connectivity index (χ3n) is 1.74. The van der Waals surface area contributed by atoms with Crippen molar-refractivity contribution in [3.8, 4) is 0 Å². The standard InChI is InChI=1S/C8H12N2O3S/c9-2-1-6(12)7(13)8-10-5(3-11)4-14-8/h3-4,6-7,12-13H,1-2,9H2. The Kier molecular flexibility index (Phi) is 4.15. The number of hydrogen-bond donors (Lipinski definition) is 3. The summed E-state index contributed by atoms with van der Waals surface area (Å²) in [6.45, 7) is 0.296. The highest BCUT2D eigenvalue weighted by Crippen LogP contribution is 2.21. The van der Waals surface area contributed by atoms with Crippen LogP contribution in [0.2, 0.25) is 0 Å². The molecule has 0 bridgehead atoms. The predicted molar refractivity (Wildman–Crippen MR) is 52.1 cm³/mol. The van der Waals surface area contributed by atoms with Crippen LogP contribution >= 0.6 is 11.3 Å². The number of aliphatic hydroxyl groups excluding tert-OH is 2. The van der Waals surface area contributed by atoms with Crippen molar-refractivity contribution >= 4 is 17.6 Å². The van der Waals surface area contributed by atoms with E-state index in [1.54, 1.807) is 0 Å². The molecule has 1 heterocycles. The lowest BCUT2D eigenvalue weighted by Gasteiger charge is -2.13. The maximum Gasteiger partial charge on any atom is 0.169 e. The Hall–Kier alpha value is -0.820. The monoisotopic (exact) mass is 216 g/mol. The summed E-state index contributed by atoms with van der Waals surface area (Å²) in [5, 5.41) is 20.8. The summed E-state index contributed by atoms with van der Waals surface area (Å²) in [7, 11) is 0. The van der Waals surface area contributed by atoms with Gasteiger partial charge in [-0.1, -0.05) is 0 Å². The van der Waals surface area contributed by atoms with E-state index in [0.717, 1.165) is 11.3 Å². The molecule has 0 aliphatic carbocycles. The summed E-state index contributed by atoms with van der Waals surface area (Å²) in [6.07, 6.45) is -1.08. The molecular weight excluding hydrogens is 204 g/mol. The van der Waals surface area contributed by atoms with Crippen molar-refractivity contribution in [1.82, 2.24) is 4.98 Å². The summed E-state index contributed by atoms with van der Waals surface area (Å²) in [5.74, 6) is 0. The molecular formula is C8H12N2O3S. The number of aldehydes is 1. The molecule has 4 N–H and O–H groups in total. The van der Waals surface area contributed by atoms with E-state index < -0.39 is 12.2 Å². The number of rotatable bonds is 5. The van der Waals surface area contributed by atoms with Crippen LogP contribution < -0.4 is 5.73 Å². The number of carbonyl (C=O) groups excluding carboxylic acids is 1. The minimum Gasteiger partial charge on any atom is -0.390 e. The van der Waals surface area contributed by atoms with Crippen molar-refractivity contribution < 1.29 is 15.0 Å². The molecule has 14 heavy (non-hydrogen) atoms. The maximum absolute atomic E-state index is 10.3. The Morgan fingerprint density at radius 1 is 1.64 bits per heavy atom. The van der Waals surface area contributed by atoms with Gasteiger partial charge in [0, 0.05) is 5.38 Å². The van der Waals surface area contributed by atoms with Gasteiger partial charge in [0.2, 0.25) is 0 Å². The Morgan fingerprint density at radius 2 is 2.36 bits per heavy atom. The number of nitrogens with two attached hydrogens (primary N) is 1. The first-order valence-corrected chi connectivity index (χ1v) is 5.03. The van der Waals surface area contributed by atoms with Crippen LogP contribution in [0.1, 0.15) is 28.0 Å². The Balaban J connectivity index is 2.67. The molecule has 0 saturated heterocycles. The second-order valence-corrected chi connectivity index (χ2v) is 3.71. The first kappa shape index (κ1) is 11.3. The highest BCUT2D eigenvalue weighted by atomic mass is 32.1. The van der Waals surface area contributed by atoms with Crippen LogP contribution in [0.4, 0.5) is 0 Å². The van der Waals surface area contributed by atoms with Gasteiger partial charge in [0.1, 0.15) is 16.8 Å². The van der Waals surface area contributed by atoms with Crippen LogP contribution in [0, 0.1) is 0 Å². The third kappa shape index (κ3) is 2.58. The fraction of sp³-hybridized carbons (Fsp3) is 0.500. The normalized spacial score (nSPS) is 15.1. The molecule has 1 aromatic heterocycles. The van der Waals surface area contributed by atoms with E-state index in [9.17, 15) is 15.0 Å². The lowest BCUT2D eigenvalue weighted by molar-refractivity contribution is 0.0148. The van der Waals surface area contributed by atoms with Crippen molar-refractivity contribution in [1.29, 1.82) is 0 Å². The van der Waals surface area contributed by atoms with Gasteiger partial charge in [0.05, 0.1) is 6.10 Å². The van der Waals surface area contributed by atoms with Gasteiger partial charge < -0.3 is 15.9 Å². The second-order valence-electron chi connectivity index (χ2n) is 2.82. The molecule has 5 nitrogen and oxygen atoms in total. The molecule has 0 fully saturated rings. The molecule has 2 unspecified atom stereocenters. The number of aromatic nitrogens is 1. The molecule has 1 aromatic rings. The van der Waals surface area contributed by atoms with Gasteiger partial charge in [-0.2, -0.15) is 0 Å². The minimum absolute atomic E-state index is 0.268. The largest absolute Gasteiger partial charge is 0.390 e. The summed E-state index contributed by atoms with van der Waals surface area (Å²) in [4.78, 5) is 14.1. The first-order valence-electron chi connectivity index (χ1n) is 4.15. The fourth-order valence-corrected chi connectivity index (χ4v) is 1.79. The summed E-state index contributed by atoms with van der Waals surface area (Å²) >= 11 is 1.14. The number of carbonyl (C=O) groups is 1. The van der Waals surface area contributed by atoms with Crippen LogP contribution in [-0.2, 0) is 0 Å². The van der Waals surface area contributed by atoms with Gasteiger partial charge in [-0.05, 0) is 13.0 Å². The second kappa shape index (κ2) is 5.16. The molecule has 2 atom stereocenters. The van der Waals surface area contributed by atoms with Gasteiger partial charge in [-0.25, -0.2) is 4.98 Å². The minimum atomic E-state index is -1.06. The van der Waals surface area contributed by atoms with Crippen LogP contribution in [0.25, 0.3) is 0 Å². The van der Waals surface area contributed by atoms with Crippen LogP contribution in [-0.4, -0.2) is 34.1 Å². The molecule has 0 spiro atoms. The topological polar surface area (TPSA) is 96.4 Å². The quantitative estimate of drug-likeness (QED) is 0.587. The van der Waals surface area contributed by atoms with Crippen molar-refractivity contribution in [2.75, 3.05) is 6.54 Å². The predicted octanol–water partition coefficient (Wildman–Crippen LogP) is -0.301. The number of aliphatic hydroxyl groups is 2. The zero-order chi connectivity index (χ0) is 10.6. The van der Waals surface area contributed by atoms with Crippen molar-refractivity contribution in [3.63, 3.8) is 0 Å². The summed E-state index contributed by atoms with van der Waals surface area (Å²) < 4.78 is 0. The van der Waals surface area contributed by atoms with E-state index in [0.29, 0.717) is 24.3 Å². The first-order chi connectivity index (χ1) is 6.69. The highest BCUT2D eigenvalue weighted by molar-refractivity contribution is 7.09. The van der Waals surface area contributed by atoms with Crippen molar-refractivity contribution in [3.05, 3.63) is 16.1 Å². The van der Waals surface area contributed by atoms with E-state index in [2.05, 4.69) is 4.98 Å². The zero-order valence-electron chi connectivity index (χ0n) is 7.46. The van der Waals surface area contributed by atoms with Gasteiger partial charge in [0.15, 0.2) is 6.29 Å². The van der Waals surface area contributed by atoms with Crippen LogP contribution in [0.15, 0.2) is 5.38 Å². The highest BCUT2D eigenvalue weighted by Gasteiger charge is 2.20. The fourth-order valence-electron chi connectivity index (χ4n) is 0.984. The van der Waals surface area contributed by atoms with Crippen molar-refractivity contribution in [2.45, 2.75) is 18.6 Å². The van der Waals surface area contributed by atoms with Crippen LogP contribution in [0.3, 0.4) is 0 Å². The lowest BCUT2D eigenvalue weighted by atomic mass is 10.1. The van der Waals surface area contributed by atoms with Gasteiger partial charge in [0.25, 0.3) is 0 Å². The number of hydrogen-bond acceptors (Lipinski definition) is 6. The van der Waals surface area contributed by atoms with Gasteiger partial charge in [-0.15, -0.1) is 11.3 Å². The van der Waals surface area contributed by atoms with E-state index in [-0.39, 0.29) is 5.69 Å². The van der Waals surface area contributed by atoms with Crippen LogP contribution in [0.5, 0.6) is 0 Å². The van der Waals surface area contributed by atoms with E-state index in [1.165, 1.54) is 5.38 Å². The molecule has 0 amide bonds. The van der Waals surface area contributed by atoms with E-state index in [1.807, 2.05) is 0 Å². The molecule has 6 heteroatoms. The van der Waals surface area contributed by atoms with Crippen molar-refractivity contribution in [2.24, 2.45) is 5.73 Å². The molecule has 0 saturated carbocycles. The third-order valence-corrected chi connectivity index (χ3v) is 2.67. The average Bonchev–Trinajstić information content (AvgIpc) is 2.65. The summed E-state index contributed by atoms with van der Waals surface area (Å²) in [6, 6.07) is 0. The smallest absolute Gasteiger partial charge is 0.169 e. The van der Waals surface area contributed by atoms with E-state index in [4.69, 9.17) is 5.73 Å². The van der Waals surface area contributed by atoms with Gasteiger partial charge in [-0.3, -0.25) is 4.79 Å². The number of nitrogens with zero attached hydrogens (tertiary/aromatic N) is 1. The average molecular weight is 216 g/mol. The Labute approximate surface area is 85.2 Å². The molecule has 0 aliphatic heterocycles. The molecule has 1 rings (SSSR count).